The predicted molar refractivity (Wildman–Crippen MR) is 75.6 cm³/mol. The van der Waals surface area contributed by atoms with Crippen LogP contribution in [0.4, 0.5) is 0 Å². The Kier molecular flexibility index (Phi) is 4.79. The number of hydrogen-bond acceptors (Lipinski definition) is 2. The van der Waals surface area contributed by atoms with Gasteiger partial charge in [-0.15, -0.1) is 0 Å². The van der Waals surface area contributed by atoms with Gasteiger partial charge in [-0.3, -0.25) is 0 Å². The van der Waals surface area contributed by atoms with Crippen LogP contribution in [0.3, 0.4) is 0 Å². The highest BCUT2D eigenvalue weighted by molar-refractivity contribution is 5.35. The Morgan fingerprint density at radius 1 is 1.22 bits per heavy atom. The van der Waals surface area contributed by atoms with Crippen LogP contribution in [0, 0.1) is 5.92 Å². The summed E-state index contributed by atoms with van der Waals surface area (Å²) in [6, 6.07) is 7.29. The van der Waals surface area contributed by atoms with E-state index in [-0.39, 0.29) is 6.61 Å². The lowest BCUT2D eigenvalue weighted by Gasteiger charge is -2.21. The van der Waals surface area contributed by atoms with Gasteiger partial charge in [0.15, 0.2) is 0 Å². The van der Waals surface area contributed by atoms with Crippen LogP contribution in [-0.4, -0.2) is 17.8 Å². The summed E-state index contributed by atoms with van der Waals surface area (Å²) in [6.45, 7) is 5.59. The van der Waals surface area contributed by atoms with E-state index >= 15 is 0 Å². The van der Waals surface area contributed by atoms with Crippen LogP contribution < -0.4 is 5.32 Å². The maximum absolute atomic E-state index is 9.07. The average Bonchev–Trinajstić information content (AvgIpc) is 2.81. The van der Waals surface area contributed by atoms with Crippen molar-refractivity contribution < 1.29 is 5.11 Å². The van der Waals surface area contributed by atoms with Gasteiger partial charge in [0.1, 0.15) is 0 Å². The lowest BCUT2D eigenvalue weighted by molar-refractivity contribution is 0.244. The molecular formula is C16H25NO. The zero-order chi connectivity index (χ0) is 13.0. The Morgan fingerprint density at radius 2 is 2.00 bits per heavy atom. The van der Waals surface area contributed by atoms with Crippen molar-refractivity contribution in [3.8, 4) is 0 Å². The lowest BCUT2D eigenvalue weighted by Crippen LogP contribution is -2.34. The quantitative estimate of drug-likeness (QED) is 0.810. The van der Waals surface area contributed by atoms with Crippen molar-refractivity contribution in [3.05, 3.63) is 34.9 Å². The van der Waals surface area contributed by atoms with E-state index in [9.17, 15) is 0 Å². The van der Waals surface area contributed by atoms with Gasteiger partial charge in [0, 0.05) is 19.2 Å². The van der Waals surface area contributed by atoms with E-state index in [2.05, 4.69) is 37.4 Å². The minimum Gasteiger partial charge on any atom is -0.396 e. The molecule has 1 aromatic carbocycles. The van der Waals surface area contributed by atoms with Crippen LogP contribution in [-0.2, 0) is 19.4 Å². The van der Waals surface area contributed by atoms with Crippen molar-refractivity contribution in [1.29, 1.82) is 0 Å². The smallest absolute Gasteiger partial charge is 0.0445 e. The van der Waals surface area contributed by atoms with Gasteiger partial charge in [-0.05, 0) is 48.3 Å². The number of aliphatic hydroxyl groups is 1. The number of benzene rings is 1. The van der Waals surface area contributed by atoms with Gasteiger partial charge in [-0.2, -0.15) is 0 Å². The van der Waals surface area contributed by atoms with Crippen molar-refractivity contribution in [1.82, 2.24) is 5.32 Å². The fourth-order valence-electron chi connectivity index (χ4n) is 2.79. The second-order valence-electron chi connectivity index (χ2n) is 5.70. The fraction of sp³-hybridized carbons (Fsp3) is 0.625. The van der Waals surface area contributed by atoms with Crippen molar-refractivity contribution in [2.75, 3.05) is 6.61 Å². The van der Waals surface area contributed by atoms with E-state index in [0.29, 0.717) is 12.0 Å². The molecule has 0 radical (unpaired) electrons. The maximum Gasteiger partial charge on any atom is 0.0445 e. The molecule has 1 unspecified atom stereocenters. The maximum atomic E-state index is 9.07. The molecule has 2 heteroatoms. The van der Waals surface area contributed by atoms with Gasteiger partial charge < -0.3 is 10.4 Å². The Bertz CT molecular complexity index is 387. The SMILES string of the molecule is CC(C)C(CCO)NCc1ccc2c(c1)CCC2. The van der Waals surface area contributed by atoms with Gasteiger partial charge in [-0.1, -0.05) is 32.0 Å². The third kappa shape index (κ3) is 3.33. The summed E-state index contributed by atoms with van der Waals surface area (Å²) in [5.41, 5.74) is 4.45. The number of aliphatic hydroxyl groups excluding tert-OH is 1. The molecule has 18 heavy (non-hydrogen) atoms. The standard InChI is InChI=1S/C16H25NO/c1-12(2)16(8-9-18)17-11-13-6-7-14-4-3-5-15(14)10-13/h6-7,10,12,16-18H,3-5,8-9,11H2,1-2H3. The summed E-state index contributed by atoms with van der Waals surface area (Å²) in [5, 5.41) is 12.6. The first-order valence-corrected chi connectivity index (χ1v) is 7.15. The summed E-state index contributed by atoms with van der Waals surface area (Å²) in [4.78, 5) is 0. The Hall–Kier alpha value is -0.860. The zero-order valence-corrected chi connectivity index (χ0v) is 11.6. The minimum atomic E-state index is 0.264. The molecule has 0 heterocycles. The predicted octanol–water partition coefficient (Wildman–Crippen LogP) is 2.67. The molecule has 0 amide bonds. The summed E-state index contributed by atoms with van der Waals surface area (Å²) in [6.07, 6.45) is 4.64. The van der Waals surface area contributed by atoms with Crippen molar-refractivity contribution in [3.63, 3.8) is 0 Å². The molecule has 1 atom stereocenters. The lowest BCUT2D eigenvalue weighted by atomic mass is 10.0. The van der Waals surface area contributed by atoms with E-state index in [0.717, 1.165) is 13.0 Å². The average molecular weight is 247 g/mol. The largest absolute Gasteiger partial charge is 0.396 e. The Labute approximate surface area is 110 Å². The van der Waals surface area contributed by atoms with Gasteiger partial charge in [0.2, 0.25) is 0 Å². The number of aryl methyl sites for hydroxylation is 2. The first-order chi connectivity index (χ1) is 8.70. The van der Waals surface area contributed by atoms with Crippen LogP contribution in [0.15, 0.2) is 18.2 Å². The molecule has 2 rings (SSSR count). The van der Waals surface area contributed by atoms with Crippen LogP contribution in [0.5, 0.6) is 0 Å². The Balaban J connectivity index is 1.93. The molecule has 0 aliphatic heterocycles. The zero-order valence-electron chi connectivity index (χ0n) is 11.6. The number of fused-ring (bicyclic) bond motifs is 1. The molecule has 0 spiro atoms. The van der Waals surface area contributed by atoms with Crippen LogP contribution in [0.1, 0.15) is 43.4 Å². The topological polar surface area (TPSA) is 32.3 Å². The van der Waals surface area contributed by atoms with Crippen LogP contribution in [0.2, 0.25) is 0 Å². The highest BCUT2D eigenvalue weighted by Crippen LogP contribution is 2.22. The molecule has 0 saturated heterocycles. The van der Waals surface area contributed by atoms with E-state index in [4.69, 9.17) is 5.11 Å². The second-order valence-corrected chi connectivity index (χ2v) is 5.70. The van der Waals surface area contributed by atoms with E-state index in [1.54, 1.807) is 0 Å². The number of rotatable bonds is 6. The molecule has 100 valence electrons. The van der Waals surface area contributed by atoms with E-state index in [1.807, 2.05) is 0 Å². The van der Waals surface area contributed by atoms with Crippen LogP contribution >= 0.6 is 0 Å². The fourth-order valence-corrected chi connectivity index (χ4v) is 2.79. The van der Waals surface area contributed by atoms with Gasteiger partial charge in [0.05, 0.1) is 0 Å². The van der Waals surface area contributed by atoms with Crippen molar-refractivity contribution in [2.45, 2.75) is 52.1 Å². The summed E-state index contributed by atoms with van der Waals surface area (Å²) < 4.78 is 0. The molecule has 2 nitrogen and oxygen atoms in total. The number of nitrogens with one attached hydrogen (secondary N) is 1. The molecule has 1 aliphatic carbocycles. The highest BCUT2D eigenvalue weighted by Gasteiger charge is 2.13. The molecule has 0 aromatic heterocycles. The molecule has 1 aliphatic rings. The molecule has 2 N–H and O–H groups in total. The minimum absolute atomic E-state index is 0.264. The van der Waals surface area contributed by atoms with Crippen LogP contribution in [0.25, 0.3) is 0 Å². The van der Waals surface area contributed by atoms with Crippen molar-refractivity contribution in [2.24, 2.45) is 5.92 Å². The molecule has 0 saturated carbocycles. The Morgan fingerprint density at radius 3 is 2.72 bits per heavy atom. The number of hydrogen-bond donors (Lipinski definition) is 2. The molecule has 0 fully saturated rings. The van der Waals surface area contributed by atoms with E-state index in [1.165, 1.54) is 36.0 Å². The van der Waals surface area contributed by atoms with Gasteiger partial charge in [-0.25, -0.2) is 0 Å². The monoisotopic (exact) mass is 247 g/mol. The third-order valence-electron chi connectivity index (χ3n) is 3.98. The molecule has 1 aromatic rings. The molecule has 0 bridgehead atoms. The summed E-state index contributed by atoms with van der Waals surface area (Å²) >= 11 is 0. The third-order valence-corrected chi connectivity index (χ3v) is 3.98. The first kappa shape index (κ1) is 13.6. The molecular weight excluding hydrogens is 222 g/mol. The van der Waals surface area contributed by atoms with E-state index < -0.39 is 0 Å². The normalized spacial score (nSPS) is 16.0. The first-order valence-electron chi connectivity index (χ1n) is 7.15. The second kappa shape index (κ2) is 6.35. The van der Waals surface area contributed by atoms with Gasteiger partial charge in [0.25, 0.3) is 0 Å². The summed E-state index contributed by atoms with van der Waals surface area (Å²) in [5.74, 6) is 0.562. The van der Waals surface area contributed by atoms with Crippen molar-refractivity contribution >= 4 is 0 Å². The summed E-state index contributed by atoms with van der Waals surface area (Å²) in [7, 11) is 0. The highest BCUT2D eigenvalue weighted by atomic mass is 16.3. The van der Waals surface area contributed by atoms with Gasteiger partial charge >= 0.3 is 0 Å².